The lowest BCUT2D eigenvalue weighted by atomic mass is 9.99. The zero-order valence-electron chi connectivity index (χ0n) is 15.5. The third kappa shape index (κ3) is 3.62. The number of hydrogen-bond acceptors (Lipinski definition) is 4. The third-order valence-corrected chi connectivity index (χ3v) is 6.43. The van der Waals surface area contributed by atoms with Gasteiger partial charge in [0.25, 0.3) is 0 Å². The zero-order valence-corrected chi connectivity index (χ0v) is 17.9. The van der Waals surface area contributed by atoms with Crippen LogP contribution in [-0.2, 0) is 0 Å². The van der Waals surface area contributed by atoms with Crippen LogP contribution in [0.25, 0.3) is 21.3 Å². The van der Waals surface area contributed by atoms with Crippen LogP contribution in [0.5, 0.6) is 0 Å². The van der Waals surface area contributed by atoms with E-state index in [0.29, 0.717) is 5.92 Å². The summed E-state index contributed by atoms with van der Waals surface area (Å²) in [5.74, 6) is 1.36. The van der Waals surface area contributed by atoms with Crippen LogP contribution in [0.4, 0.5) is 11.5 Å². The Morgan fingerprint density at radius 3 is 2.52 bits per heavy atom. The van der Waals surface area contributed by atoms with Crippen LogP contribution in [0.2, 0.25) is 0 Å². The molecule has 0 aliphatic heterocycles. The quantitative estimate of drug-likeness (QED) is 0.363. The van der Waals surface area contributed by atoms with Gasteiger partial charge in [-0.2, -0.15) is 0 Å². The number of hydrogen-bond donors (Lipinski definition) is 1. The fraction of sp³-hybridized carbons (Fsp3) is 0.182. The predicted molar refractivity (Wildman–Crippen MR) is 119 cm³/mol. The number of halogens is 1. The molecule has 0 radical (unpaired) electrons. The van der Waals surface area contributed by atoms with E-state index in [-0.39, 0.29) is 0 Å². The Balaban J connectivity index is 1.78. The molecule has 0 aliphatic carbocycles. The lowest BCUT2D eigenvalue weighted by Crippen LogP contribution is -1.96. The minimum atomic E-state index is 0.527. The topological polar surface area (TPSA) is 37.8 Å². The second kappa shape index (κ2) is 7.41. The maximum absolute atomic E-state index is 4.53. The lowest BCUT2D eigenvalue weighted by molar-refractivity contribution is 0.867. The van der Waals surface area contributed by atoms with Crippen LogP contribution in [0, 0.1) is 6.92 Å². The number of aryl methyl sites for hydroxylation is 1. The summed E-state index contributed by atoms with van der Waals surface area (Å²) in [6.07, 6.45) is 1.62. The second-order valence-corrected chi connectivity index (χ2v) is 8.63. The predicted octanol–water partition coefficient (Wildman–Crippen LogP) is 7.30. The molecule has 2 heterocycles. The van der Waals surface area contributed by atoms with E-state index >= 15 is 0 Å². The van der Waals surface area contributed by atoms with Crippen LogP contribution in [-0.4, -0.2) is 9.97 Å². The molecule has 0 unspecified atom stereocenters. The Morgan fingerprint density at radius 2 is 1.81 bits per heavy atom. The van der Waals surface area contributed by atoms with E-state index in [0.717, 1.165) is 26.2 Å². The molecule has 3 nitrogen and oxygen atoms in total. The Hall–Kier alpha value is -2.24. The van der Waals surface area contributed by atoms with Gasteiger partial charge in [0.15, 0.2) is 0 Å². The minimum Gasteiger partial charge on any atom is -0.340 e. The van der Waals surface area contributed by atoms with Gasteiger partial charge >= 0.3 is 0 Å². The average molecular weight is 438 g/mol. The SMILES string of the molecule is Cc1ccc(Nc2ncnc3scc(-c4ccc(C(C)C)cc4)c23)cc1Br. The highest BCUT2D eigenvalue weighted by atomic mass is 79.9. The Bertz CT molecular complexity index is 1100. The van der Waals surface area contributed by atoms with Gasteiger partial charge in [0.1, 0.15) is 17.0 Å². The highest BCUT2D eigenvalue weighted by molar-refractivity contribution is 9.10. The first-order valence-electron chi connectivity index (χ1n) is 8.88. The van der Waals surface area contributed by atoms with Crippen molar-refractivity contribution in [3.05, 3.63) is 69.8 Å². The standard InChI is InChI=1S/C22H20BrN3S/c1-13(2)15-5-7-16(8-6-15)18-11-27-22-20(18)21(24-12-25-22)26-17-9-4-14(3)19(23)10-17/h4-13H,1-3H3,(H,24,25,26). The van der Waals surface area contributed by atoms with Crippen molar-refractivity contribution < 1.29 is 0 Å². The summed E-state index contributed by atoms with van der Waals surface area (Å²) in [6.45, 7) is 6.50. The number of rotatable bonds is 4. The molecule has 4 aromatic rings. The Morgan fingerprint density at radius 1 is 1.04 bits per heavy atom. The van der Waals surface area contributed by atoms with Gasteiger partial charge in [0.05, 0.1) is 5.39 Å². The van der Waals surface area contributed by atoms with Crippen molar-refractivity contribution in [2.24, 2.45) is 0 Å². The summed E-state index contributed by atoms with van der Waals surface area (Å²) in [4.78, 5) is 9.98. The summed E-state index contributed by atoms with van der Waals surface area (Å²) in [6, 6.07) is 15.0. The van der Waals surface area contributed by atoms with E-state index in [2.05, 4.69) is 99.8 Å². The van der Waals surface area contributed by atoms with Crippen molar-refractivity contribution >= 4 is 49.0 Å². The smallest absolute Gasteiger partial charge is 0.143 e. The van der Waals surface area contributed by atoms with Crippen LogP contribution in [0.3, 0.4) is 0 Å². The summed E-state index contributed by atoms with van der Waals surface area (Å²) in [5, 5.41) is 6.70. The summed E-state index contributed by atoms with van der Waals surface area (Å²) in [7, 11) is 0. The molecule has 0 aliphatic rings. The molecule has 1 N–H and O–H groups in total. The molecule has 2 aromatic heterocycles. The van der Waals surface area contributed by atoms with E-state index < -0.39 is 0 Å². The van der Waals surface area contributed by atoms with E-state index in [4.69, 9.17) is 0 Å². The first-order chi connectivity index (χ1) is 13.0. The average Bonchev–Trinajstić information content (AvgIpc) is 3.10. The third-order valence-electron chi connectivity index (χ3n) is 4.69. The van der Waals surface area contributed by atoms with Gasteiger partial charge < -0.3 is 5.32 Å². The van der Waals surface area contributed by atoms with Crippen LogP contribution in [0.1, 0.15) is 30.9 Å². The number of benzene rings is 2. The van der Waals surface area contributed by atoms with Gasteiger partial charge in [-0.05, 0) is 41.7 Å². The van der Waals surface area contributed by atoms with Crippen molar-refractivity contribution in [2.75, 3.05) is 5.32 Å². The van der Waals surface area contributed by atoms with E-state index in [1.807, 2.05) is 0 Å². The molecule has 0 amide bonds. The van der Waals surface area contributed by atoms with Crippen LogP contribution < -0.4 is 5.32 Å². The molecule has 0 atom stereocenters. The van der Waals surface area contributed by atoms with Gasteiger partial charge in [-0.25, -0.2) is 9.97 Å². The molecule has 0 saturated heterocycles. The molecule has 0 spiro atoms. The molecule has 136 valence electrons. The minimum absolute atomic E-state index is 0.527. The molecule has 27 heavy (non-hydrogen) atoms. The molecule has 2 aromatic carbocycles. The number of nitrogens with one attached hydrogen (secondary N) is 1. The van der Waals surface area contributed by atoms with E-state index in [1.54, 1.807) is 17.7 Å². The summed E-state index contributed by atoms with van der Waals surface area (Å²) < 4.78 is 1.08. The van der Waals surface area contributed by atoms with Gasteiger partial charge in [-0.15, -0.1) is 11.3 Å². The molecular weight excluding hydrogens is 418 g/mol. The largest absolute Gasteiger partial charge is 0.340 e. The fourth-order valence-electron chi connectivity index (χ4n) is 3.04. The fourth-order valence-corrected chi connectivity index (χ4v) is 4.33. The number of fused-ring (bicyclic) bond motifs is 1. The Kier molecular flexibility index (Phi) is 4.98. The van der Waals surface area contributed by atoms with Crippen LogP contribution >= 0.6 is 27.3 Å². The normalized spacial score (nSPS) is 11.3. The number of thiophene rings is 1. The van der Waals surface area contributed by atoms with Crippen molar-refractivity contribution in [3.63, 3.8) is 0 Å². The van der Waals surface area contributed by atoms with E-state index in [1.165, 1.54) is 22.3 Å². The Labute approximate surface area is 171 Å². The molecule has 4 rings (SSSR count). The monoisotopic (exact) mass is 437 g/mol. The van der Waals surface area contributed by atoms with Gasteiger partial charge in [-0.1, -0.05) is 60.1 Å². The number of anilines is 2. The number of aromatic nitrogens is 2. The summed E-state index contributed by atoms with van der Waals surface area (Å²) >= 11 is 5.25. The van der Waals surface area contributed by atoms with Gasteiger partial charge in [-0.3, -0.25) is 0 Å². The van der Waals surface area contributed by atoms with E-state index in [9.17, 15) is 0 Å². The maximum Gasteiger partial charge on any atom is 0.143 e. The van der Waals surface area contributed by atoms with Crippen molar-refractivity contribution in [3.8, 4) is 11.1 Å². The molecule has 0 saturated carbocycles. The highest BCUT2D eigenvalue weighted by Crippen LogP contribution is 2.38. The van der Waals surface area contributed by atoms with Gasteiger partial charge in [0.2, 0.25) is 0 Å². The van der Waals surface area contributed by atoms with Crippen molar-refractivity contribution in [1.82, 2.24) is 9.97 Å². The highest BCUT2D eigenvalue weighted by Gasteiger charge is 2.14. The second-order valence-electron chi connectivity index (χ2n) is 6.92. The lowest BCUT2D eigenvalue weighted by Gasteiger charge is -2.10. The molecule has 5 heteroatoms. The maximum atomic E-state index is 4.53. The molecular formula is C22H20BrN3S. The van der Waals surface area contributed by atoms with Crippen LogP contribution in [0.15, 0.2) is 58.6 Å². The zero-order chi connectivity index (χ0) is 19.0. The van der Waals surface area contributed by atoms with Crippen molar-refractivity contribution in [1.29, 1.82) is 0 Å². The molecule has 0 bridgehead atoms. The van der Waals surface area contributed by atoms with Gasteiger partial charge in [0, 0.05) is 21.1 Å². The summed E-state index contributed by atoms with van der Waals surface area (Å²) in [5.41, 5.74) is 5.90. The van der Waals surface area contributed by atoms with Crippen molar-refractivity contribution in [2.45, 2.75) is 26.7 Å². The molecule has 0 fully saturated rings. The first-order valence-corrected chi connectivity index (χ1v) is 10.6. The number of nitrogens with zero attached hydrogens (tertiary/aromatic N) is 2. The first kappa shape index (κ1) is 18.1.